The Morgan fingerprint density at radius 1 is 1.19 bits per heavy atom. The third kappa shape index (κ3) is 3.96. The first-order valence-corrected chi connectivity index (χ1v) is 8.09. The van der Waals surface area contributed by atoms with Crippen LogP contribution in [-0.4, -0.2) is 60.5 Å². The van der Waals surface area contributed by atoms with Gasteiger partial charge >= 0.3 is 5.97 Å². The zero-order valence-electron chi connectivity index (χ0n) is 13.3. The molecule has 0 radical (unpaired) electrons. The molecule has 5 nitrogen and oxygen atoms in total. The molecular weight excluding hydrogens is 268 g/mol. The van der Waals surface area contributed by atoms with Gasteiger partial charge in [-0.2, -0.15) is 0 Å². The summed E-state index contributed by atoms with van der Waals surface area (Å²) in [5, 5.41) is 9.48. The van der Waals surface area contributed by atoms with E-state index in [4.69, 9.17) is 0 Å². The van der Waals surface area contributed by atoms with Crippen LogP contribution in [-0.2, 0) is 9.59 Å². The van der Waals surface area contributed by atoms with Gasteiger partial charge < -0.3 is 14.9 Å². The van der Waals surface area contributed by atoms with E-state index in [0.717, 1.165) is 45.3 Å². The number of hydrogen-bond donors (Lipinski definition) is 1. The molecule has 0 unspecified atom stereocenters. The van der Waals surface area contributed by atoms with Crippen molar-refractivity contribution in [2.75, 3.05) is 33.7 Å². The van der Waals surface area contributed by atoms with Gasteiger partial charge in [-0.05, 0) is 45.7 Å². The summed E-state index contributed by atoms with van der Waals surface area (Å²) in [5.41, 5.74) is -0.780. The Morgan fingerprint density at radius 3 is 2.24 bits per heavy atom. The molecule has 2 aliphatic rings. The number of piperidine rings is 1. The molecular formula is C16H28N2O3. The predicted octanol–water partition coefficient (Wildman–Crippen LogP) is 1.82. The zero-order valence-corrected chi connectivity index (χ0v) is 13.3. The minimum Gasteiger partial charge on any atom is -0.481 e. The van der Waals surface area contributed by atoms with Gasteiger partial charge in [0.05, 0.1) is 5.41 Å². The Kier molecular flexibility index (Phi) is 5.25. The van der Waals surface area contributed by atoms with Gasteiger partial charge in [0.2, 0.25) is 5.91 Å². The number of nitrogens with zero attached hydrogens (tertiary/aromatic N) is 2. The number of carboxylic acid groups (broad SMARTS) is 1. The van der Waals surface area contributed by atoms with Crippen LogP contribution in [0.3, 0.4) is 0 Å². The average Bonchev–Trinajstić information content (AvgIpc) is 2.88. The first kappa shape index (κ1) is 16.3. The van der Waals surface area contributed by atoms with E-state index in [0.29, 0.717) is 18.8 Å². The number of aliphatic carboxylic acids is 1. The fraction of sp³-hybridized carbons (Fsp3) is 0.875. The van der Waals surface area contributed by atoms with Crippen LogP contribution in [0.4, 0.5) is 0 Å². The van der Waals surface area contributed by atoms with Gasteiger partial charge in [-0.15, -0.1) is 0 Å². The van der Waals surface area contributed by atoms with Crippen LogP contribution in [0.5, 0.6) is 0 Å². The molecule has 1 saturated carbocycles. The molecule has 1 N–H and O–H groups in total. The van der Waals surface area contributed by atoms with Crippen molar-refractivity contribution in [1.29, 1.82) is 0 Å². The van der Waals surface area contributed by atoms with Gasteiger partial charge in [0.25, 0.3) is 0 Å². The molecule has 1 heterocycles. The Morgan fingerprint density at radius 2 is 1.76 bits per heavy atom. The first-order chi connectivity index (χ1) is 9.93. The van der Waals surface area contributed by atoms with E-state index in [1.54, 1.807) is 0 Å². The maximum atomic E-state index is 12.4. The van der Waals surface area contributed by atoms with Crippen molar-refractivity contribution in [1.82, 2.24) is 9.80 Å². The summed E-state index contributed by atoms with van der Waals surface area (Å²) in [4.78, 5) is 28.1. The molecule has 0 atom stereocenters. The van der Waals surface area contributed by atoms with Gasteiger partial charge in [0.1, 0.15) is 0 Å². The summed E-state index contributed by atoms with van der Waals surface area (Å²) < 4.78 is 0. The maximum Gasteiger partial charge on any atom is 0.310 e. The molecule has 1 aliphatic carbocycles. The number of carbonyl (C=O) groups excluding carboxylic acids is 1. The molecule has 2 fully saturated rings. The van der Waals surface area contributed by atoms with Gasteiger partial charge in [-0.25, -0.2) is 0 Å². The number of likely N-dealkylation sites (tertiary alicyclic amines) is 1. The van der Waals surface area contributed by atoms with Crippen molar-refractivity contribution in [2.24, 2.45) is 11.3 Å². The smallest absolute Gasteiger partial charge is 0.310 e. The minimum absolute atomic E-state index is 0.0441. The largest absolute Gasteiger partial charge is 0.481 e. The third-order valence-corrected chi connectivity index (χ3v) is 5.09. The second kappa shape index (κ2) is 6.77. The molecule has 21 heavy (non-hydrogen) atoms. The van der Waals surface area contributed by atoms with Gasteiger partial charge in [0.15, 0.2) is 0 Å². The molecule has 0 aromatic rings. The van der Waals surface area contributed by atoms with E-state index in [9.17, 15) is 14.7 Å². The number of hydrogen-bond acceptors (Lipinski definition) is 3. The van der Waals surface area contributed by atoms with Crippen LogP contribution in [0.2, 0.25) is 0 Å². The van der Waals surface area contributed by atoms with Crippen LogP contribution in [0.25, 0.3) is 0 Å². The second-order valence-corrected chi connectivity index (χ2v) is 7.06. The number of rotatable bonds is 5. The maximum absolute atomic E-state index is 12.4. The van der Waals surface area contributed by atoms with E-state index < -0.39 is 11.4 Å². The molecule has 0 spiro atoms. The quantitative estimate of drug-likeness (QED) is 0.840. The lowest BCUT2D eigenvalue weighted by Crippen LogP contribution is -2.43. The van der Waals surface area contributed by atoms with E-state index in [-0.39, 0.29) is 12.3 Å². The van der Waals surface area contributed by atoms with Gasteiger partial charge in [-0.1, -0.05) is 12.8 Å². The topological polar surface area (TPSA) is 60.9 Å². The van der Waals surface area contributed by atoms with Crippen LogP contribution in [0, 0.1) is 11.3 Å². The van der Waals surface area contributed by atoms with E-state index in [1.165, 1.54) is 0 Å². The summed E-state index contributed by atoms with van der Waals surface area (Å²) in [5.74, 6) is -0.0811. The average molecular weight is 296 g/mol. The van der Waals surface area contributed by atoms with Crippen molar-refractivity contribution in [3.05, 3.63) is 0 Å². The zero-order chi connectivity index (χ0) is 15.5. The highest BCUT2D eigenvalue weighted by atomic mass is 16.4. The Balaban J connectivity index is 1.86. The molecule has 5 heteroatoms. The molecule has 0 aromatic heterocycles. The van der Waals surface area contributed by atoms with Crippen molar-refractivity contribution in [2.45, 2.75) is 44.9 Å². The molecule has 1 saturated heterocycles. The summed E-state index contributed by atoms with van der Waals surface area (Å²) >= 11 is 0. The fourth-order valence-electron chi connectivity index (χ4n) is 3.80. The van der Waals surface area contributed by atoms with Crippen molar-refractivity contribution in [3.8, 4) is 0 Å². The Bertz CT molecular complexity index is 381. The normalized spacial score (nSPS) is 22.7. The fourth-order valence-corrected chi connectivity index (χ4v) is 3.80. The molecule has 1 aliphatic heterocycles. The first-order valence-electron chi connectivity index (χ1n) is 8.09. The highest BCUT2D eigenvalue weighted by Crippen LogP contribution is 2.42. The summed E-state index contributed by atoms with van der Waals surface area (Å²) in [6.45, 7) is 2.64. The van der Waals surface area contributed by atoms with Crippen molar-refractivity contribution >= 4 is 11.9 Å². The van der Waals surface area contributed by atoms with E-state index in [1.807, 2.05) is 4.90 Å². The third-order valence-electron chi connectivity index (χ3n) is 5.09. The minimum atomic E-state index is -0.782. The number of carboxylic acids is 1. The molecule has 120 valence electrons. The second-order valence-electron chi connectivity index (χ2n) is 7.06. The molecule has 0 bridgehead atoms. The van der Waals surface area contributed by atoms with Crippen LogP contribution in [0.15, 0.2) is 0 Å². The van der Waals surface area contributed by atoms with Gasteiger partial charge in [0, 0.05) is 26.1 Å². The standard InChI is InChI=1S/C16H28N2O3/c1-17(2)12-13-5-9-18(10-6-13)14(19)11-16(15(20)21)7-3-4-8-16/h13H,3-12H2,1-2H3,(H,20,21). The lowest BCUT2D eigenvalue weighted by molar-refractivity contribution is -0.153. The molecule has 2 rings (SSSR count). The predicted molar refractivity (Wildman–Crippen MR) is 81.0 cm³/mol. The summed E-state index contributed by atoms with van der Waals surface area (Å²) in [7, 11) is 4.16. The molecule has 0 aromatic carbocycles. The van der Waals surface area contributed by atoms with E-state index >= 15 is 0 Å². The number of carbonyl (C=O) groups is 2. The summed E-state index contributed by atoms with van der Waals surface area (Å²) in [6.07, 6.45) is 5.44. The van der Waals surface area contributed by atoms with Crippen molar-refractivity contribution < 1.29 is 14.7 Å². The van der Waals surface area contributed by atoms with Crippen molar-refractivity contribution in [3.63, 3.8) is 0 Å². The van der Waals surface area contributed by atoms with Gasteiger partial charge in [-0.3, -0.25) is 9.59 Å². The lowest BCUT2D eigenvalue weighted by atomic mass is 9.82. The number of amides is 1. The van der Waals surface area contributed by atoms with Crippen LogP contribution in [0.1, 0.15) is 44.9 Å². The monoisotopic (exact) mass is 296 g/mol. The van der Waals surface area contributed by atoms with Crippen LogP contribution >= 0.6 is 0 Å². The van der Waals surface area contributed by atoms with E-state index in [2.05, 4.69) is 19.0 Å². The Hall–Kier alpha value is -1.10. The Labute approximate surface area is 127 Å². The SMILES string of the molecule is CN(C)CC1CCN(C(=O)CC2(C(=O)O)CCCC2)CC1. The lowest BCUT2D eigenvalue weighted by Gasteiger charge is -2.35. The highest BCUT2D eigenvalue weighted by Gasteiger charge is 2.44. The highest BCUT2D eigenvalue weighted by molar-refractivity contribution is 5.85. The van der Waals surface area contributed by atoms with Crippen LogP contribution < -0.4 is 0 Å². The summed E-state index contributed by atoms with van der Waals surface area (Å²) in [6, 6.07) is 0. The molecule has 1 amide bonds.